The predicted molar refractivity (Wildman–Crippen MR) is 52.3 cm³/mol. The Morgan fingerprint density at radius 1 is 1.40 bits per heavy atom. The third-order valence-electron chi connectivity index (χ3n) is 1.71. The van der Waals surface area contributed by atoms with Crippen LogP contribution in [0.5, 0.6) is 11.9 Å². The molecule has 2 N–H and O–H groups in total. The normalized spacial score (nSPS) is 10.3. The Hall–Kier alpha value is -2.18. The Kier molecular flexibility index (Phi) is 2.20. The van der Waals surface area contributed by atoms with Crippen LogP contribution in [0.15, 0.2) is 12.5 Å². The molecule has 0 unspecified atom stereocenters. The van der Waals surface area contributed by atoms with Gasteiger partial charge in [0.05, 0.1) is 0 Å². The molecule has 0 amide bonds. The van der Waals surface area contributed by atoms with Gasteiger partial charge in [-0.2, -0.15) is 9.97 Å². The Bertz CT molecular complexity index is 480. The van der Waals surface area contributed by atoms with Crippen LogP contribution in [-0.2, 0) is 7.05 Å². The van der Waals surface area contributed by atoms with E-state index in [0.29, 0.717) is 5.88 Å². The lowest BCUT2D eigenvalue weighted by Gasteiger charge is -2.03. The van der Waals surface area contributed by atoms with Gasteiger partial charge in [-0.15, -0.1) is 5.10 Å². The van der Waals surface area contributed by atoms with Crippen LogP contribution in [-0.4, -0.2) is 24.7 Å². The van der Waals surface area contributed by atoms with Crippen molar-refractivity contribution in [1.29, 1.82) is 0 Å². The maximum Gasteiger partial charge on any atom is 0.342 e. The number of aromatic nitrogens is 5. The quantitative estimate of drug-likeness (QED) is 0.759. The molecule has 2 aromatic rings. The number of hydrogen-bond acceptors (Lipinski definition) is 6. The van der Waals surface area contributed by atoms with Crippen LogP contribution < -0.4 is 10.5 Å². The van der Waals surface area contributed by atoms with Crippen LogP contribution in [0.4, 0.5) is 5.95 Å². The van der Waals surface area contributed by atoms with E-state index in [9.17, 15) is 0 Å². The van der Waals surface area contributed by atoms with Crippen molar-refractivity contribution < 1.29 is 4.74 Å². The molecule has 15 heavy (non-hydrogen) atoms. The van der Waals surface area contributed by atoms with Gasteiger partial charge in [-0.25, -0.2) is 4.98 Å². The van der Waals surface area contributed by atoms with Gasteiger partial charge in [0, 0.05) is 18.8 Å². The number of aryl methyl sites for hydroxylation is 2. The van der Waals surface area contributed by atoms with Gasteiger partial charge >= 0.3 is 6.01 Å². The average Bonchev–Trinajstić information content (AvgIpc) is 2.58. The van der Waals surface area contributed by atoms with E-state index in [1.54, 1.807) is 13.2 Å². The Morgan fingerprint density at radius 3 is 2.87 bits per heavy atom. The molecule has 7 nitrogen and oxygen atoms in total. The molecular formula is C8H10N6O. The molecule has 0 aliphatic carbocycles. The highest BCUT2D eigenvalue weighted by molar-refractivity contribution is 5.30. The molecule has 0 saturated carbocycles. The number of rotatable bonds is 2. The maximum absolute atomic E-state index is 5.44. The number of nitrogen functional groups attached to an aromatic ring is 1. The third-order valence-corrected chi connectivity index (χ3v) is 1.71. The number of nitrogens with two attached hydrogens (primary N) is 1. The lowest BCUT2D eigenvalue weighted by atomic mass is 10.4. The molecule has 0 radical (unpaired) electrons. The van der Waals surface area contributed by atoms with Crippen LogP contribution in [0.1, 0.15) is 5.56 Å². The van der Waals surface area contributed by atoms with Gasteiger partial charge in [-0.05, 0) is 6.92 Å². The van der Waals surface area contributed by atoms with Gasteiger partial charge in [0.2, 0.25) is 11.8 Å². The van der Waals surface area contributed by atoms with Gasteiger partial charge in [-0.3, -0.25) is 4.68 Å². The molecule has 0 bridgehead atoms. The smallest absolute Gasteiger partial charge is 0.342 e. The van der Waals surface area contributed by atoms with Crippen LogP contribution >= 0.6 is 0 Å². The summed E-state index contributed by atoms with van der Waals surface area (Å²) in [7, 11) is 1.75. The Labute approximate surface area is 85.9 Å². The summed E-state index contributed by atoms with van der Waals surface area (Å²) in [6.45, 7) is 1.82. The molecule has 2 aromatic heterocycles. The van der Waals surface area contributed by atoms with E-state index in [-0.39, 0.29) is 12.0 Å². The molecule has 2 heterocycles. The Balaban J connectivity index is 2.27. The first-order valence-electron chi connectivity index (χ1n) is 4.28. The predicted octanol–water partition coefficient (Wildman–Crippen LogP) is 0.288. The van der Waals surface area contributed by atoms with Gasteiger partial charge in [0.25, 0.3) is 0 Å². The van der Waals surface area contributed by atoms with Crippen molar-refractivity contribution in [1.82, 2.24) is 24.7 Å². The van der Waals surface area contributed by atoms with Gasteiger partial charge in [0.1, 0.15) is 6.33 Å². The van der Waals surface area contributed by atoms with Crippen molar-refractivity contribution in [3.63, 3.8) is 0 Å². The second-order valence-electron chi connectivity index (χ2n) is 3.02. The number of ether oxygens (including phenoxy) is 1. The van der Waals surface area contributed by atoms with Crippen molar-refractivity contribution in [2.75, 3.05) is 5.73 Å². The van der Waals surface area contributed by atoms with E-state index in [4.69, 9.17) is 10.5 Å². The standard InChI is InChI=1S/C8H10N6O/c1-5-3-10-7(9)12-6(5)15-8-11-4-14(2)13-8/h3-4H,1-2H3,(H2,9,10,12). The zero-order chi connectivity index (χ0) is 10.8. The van der Waals surface area contributed by atoms with Crippen LogP contribution in [0, 0.1) is 6.92 Å². The minimum Gasteiger partial charge on any atom is -0.404 e. The lowest BCUT2D eigenvalue weighted by molar-refractivity contribution is 0.419. The monoisotopic (exact) mass is 206 g/mol. The highest BCUT2D eigenvalue weighted by Gasteiger charge is 2.07. The molecule has 0 aliphatic heterocycles. The van der Waals surface area contributed by atoms with Crippen LogP contribution in [0.3, 0.4) is 0 Å². The van der Waals surface area contributed by atoms with Crippen molar-refractivity contribution in [3.05, 3.63) is 18.1 Å². The van der Waals surface area contributed by atoms with Crippen molar-refractivity contribution in [2.24, 2.45) is 7.05 Å². The molecular weight excluding hydrogens is 196 g/mol. The van der Waals surface area contributed by atoms with Gasteiger partial charge in [0.15, 0.2) is 0 Å². The molecule has 0 spiro atoms. The summed E-state index contributed by atoms with van der Waals surface area (Å²) in [4.78, 5) is 11.7. The summed E-state index contributed by atoms with van der Waals surface area (Å²) in [5, 5.41) is 3.96. The zero-order valence-electron chi connectivity index (χ0n) is 8.38. The Morgan fingerprint density at radius 2 is 2.20 bits per heavy atom. The first-order valence-corrected chi connectivity index (χ1v) is 4.28. The lowest BCUT2D eigenvalue weighted by Crippen LogP contribution is -1.99. The summed E-state index contributed by atoms with van der Waals surface area (Å²) >= 11 is 0. The molecule has 0 aliphatic rings. The third kappa shape index (κ3) is 2.01. The summed E-state index contributed by atoms with van der Waals surface area (Å²) in [5.74, 6) is 0.528. The fourth-order valence-corrected chi connectivity index (χ4v) is 0.995. The highest BCUT2D eigenvalue weighted by Crippen LogP contribution is 2.18. The molecule has 0 atom stereocenters. The van der Waals surface area contributed by atoms with E-state index in [1.165, 1.54) is 11.0 Å². The number of hydrogen-bond donors (Lipinski definition) is 1. The van der Waals surface area contributed by atoms with E-state index in [0.717, 1.165) is 5.56 Å². The maximum atomic E-state index is 5.44. The summed E-state index contributed by atoms with van der Waals surface area (Å²) < 4.78 is 6.87. The van der Waals surface area contributed by atoms with Gasteiger partial charge in [-0.1, -0.05) is 0 Å². The van der Waals surface area contributed by atoms with E-state index < -0.39 is 0 Å². The van der Waals surface area contributed by atoms with Crippen LogP contribution in [0.25, 0.3) is 0 Å². The fourth-order valence-electron chi connectivity index (χ4n) is 0.995. The molecule has 78 valence electrons. The topological polar surface area (TPSA) is 91.7 Å². The van der Waals surface area contributed by atoms with E-state index >= 15 is 0 Å². The van der Waals surface area contributed by atoms with Crippen molar-refractivity contribution >= 4 is 5.95 Å². The second-order valence-corrected chi connectivity index (χ2v) is 3.02. The van der Waals surface area contributed by atoms with Crippen molar-refractivity contribution in [2.45, 2.75) is 6.92 Å². The number of anilines is 1. The fraction of sp³-hybridized carbons (Fsp3) is 0.250. The molecule has 0 fully saturated rings. The van der Waals surface area contributed by atoms with E-state index in [1.807, 2.05) is 6.92 Å². The first-order chi connectivity index (χ1) is 7.15. The first kappa shape index (κ1) is 9.38. The molecule has 2 rings (SSSR count). The molecule has 7 heteroatoms. The van der Waals surface area contributed by atoms with Gasteiger partial charge < -0.3 is 10.5 Å². The summed E-state index contributed by atoms with van der Waals surface area (Å²) in [6, 6.07) is 0.235. The summed E-state index contributed by atoms with van der Waals surface area (Å²) in [5.41, 5.74) is 6.21. The van der Waals surface area contributed by atoms with Crippen LogP contribution in [0.2, 0.25) is 0 Å². The second kappa shape index (κ2) is 3.52. The minimum atomic E-state index is 0.159. The largest absolute Gasteiger partial charge is 0.404 e. The SMILES string of the molecule is Cc1cnc(N)nc1Oc1ncn(C)n1. The average molecular weight is 206 g/mol. The molecule has 0 aromatic carbocycles. The molecule has 0 saturated heterocycles. The summed E-state index contributed by atoms with van der Waals surface area (Å²) in [6.07, 6.45) is 3.12. The van der Waals surface area contributed by atoms with E-state index in [2.05, 4.69) is 20.1 Å². The highest BCUT2D eigenvalue weighted by atomic mass is 16.5. The van der Waals surface area contributed by atoms with Crippen molar-refractivity contribution in [3.8, 4) is 11.9 Å². The minimum absolute atomic E-state index is 0.159. The number of nitrogens with zero attached hydrogens (tertiary/aromatic N) is 5. The zero-order valence-corrected chi connectivity index (χ0v) is 8.38.